The highest BCUT2D eigenvalue weighted by Gasteiger charge is 2.46. The molecule has 210 valence electrons. The Labute approximate surface area is 232 Å². The number of amides is 1. The Morgan fingerprint density at radius 3 is 2.65 bits per heavy atom. The average molecular weight is 549 g/mol. The van der Waals surface area contributed by atoms with Crippen molar-refractivity contribution in [1.82, 2.24) is 9.88 Å². The molecule has 1 unspecified atom stereocenters. The van der Waals surface area contributed by atoms with Crippen LogP contribution in [0.25, 0.3) is 5.76 Å². The van der Waals surface area contributed by atoms with Crippen molar-refractivity contribution in [3.8, 4) is 23.0 Å². The van der Waals surface area contributed by atoms with Gasteiger partial charge in [0.05, 0.1) is 31.4 Å². The molecule has 1 atom stereocenters. The number of aliphatic hydroxyl groups is 1. The van der Waals surface area contributed by atoms with E-state index >= 15 is 0 Å². The molecule has 2 aliphatic heterocycles. The largest absolute Gasteiger partial charge is 0.507 e. The van der Waals surface area contributed by atoms with Crippen molar-refractivity contribution in [2.24, 2.45) is 0 Å². The highest BCUT2D eigenvalue weighted by atomic mass is 16.6. The summed E-state index contributed by atoms with van der Waals surface area (Å²) < 4.78 is 25.0. The van der Waals surface area contributed by atoms with E-state index in [9.17, 15) is 14.7 Å². The van der Waals surface area contributed by atoms with Gasteiger partial charge < -0.3 is 29.0 Å². The maximum absolute atomic E-state index is 13.5. The van der Waals surface area contributed by atoms with Gasteiger partial charge in [0.2, 0.25) is 6.33 Å². The van der Waals surface area contributed by atoms with Gasteiger partial charge in [0, 0.05) is 18.5 Å². The molecule has 0 saturated carbocycles. The molecule has 1 saturated heterocycles. The fraction of sp³-hybridized carbons (Fsp3) is 0.367. The number of aromatic nitrogens is 2. The third kappa shape index (κ3) is 5.47. The molecule has 0 bridgehead atoms. The van der Waals surface area contributed by atoms with Crippen LogP contribution in [-0.4, -0.2) is 59.7 Å². The summed E-state index contributed by atoms with van der Waals surface area (Å²) in [6.45, 7) is 6.61. The number of aryl methyl sites for hydroxylation is 1. The Morgan fingerprint density at radius 2 is 1.90 bits per heavy atom. The van der Waals surface area contributed by atoms with Gasteiger partial charge in [0.15, 0.2) is 23.0 Å². The van der Waals surface area contributed by atoms with Gasteiger partial charge in [0.1, 0.15) is 31.4 Å². The van der Waals surface area contributed by atoms with Crippen LogP contribution in [0.5, 0.6) is 23.0 Å². The van der Waals surface area contributed by atoms with E-state index in [0.29, 0.717) is 80.1 Å². The molecule has 10 heteroatoms. The molecular formula is C30H34N3O7+. The molecule has 3 aromatic rings. The number of ketones is 1. The lowest BCUT2D eigenvalue weighted by atomic mass is 9.94. The molecule has 0 radical (unpaired) electrons. The fourth-order valence-corrected chi connectivity index (χ4v) is 4.98. The predicted molar refractivity (Wildman–Crippen MR) is 145 cm³/mol. The first-order valence-electron chi connectivity index (χ1n) is 13.6. The minimum atomic E-state index is -0.816. The van der Waals surface area contributed by atoms with Gasteiger partial charge in [0.25, 0.3) is 11.7 Å². The number of benzene rings is 2. The van der Waals surface area contributed by atoms with E-state index in [-0.39, 0.29) is 11.3 Å². The smallest absolute Gasteiger partial charge is 0.295 e. The zero-order valence-corrected chi connectivity index (χ0v) is 22.7. The van der Waals surface area contributed by atoms with Crippen LogP contribution in [0.1, 0.15) is 43.9 Å². The summed E-state index contributed by atoms with van der Waals surface area (Å²) in [5, 5.41) is 11.5. The quantitative estimate of drug-likeness (QED) is 0.162. The molecule has 2 aromatic carbocycles. The van der Waals surface area contributed by atoms with Crippen molar-refractivity contribution in [1.29, 1.82) is 0 Å². The summed E-state index contributed by atoms with van der Waals surface area (Å²) in [4.78, 5) is 31.4. The molecule has 1 fully saturated rings. The van der Waals surface area contributed by atoms with Gasteiger partial charge in [-0.25, -0.2) is 4.57 Å². The Kier molecular flexibility index (Phi) is 8.23. The first kappa shape index (κ1) is 27.1. The van der Waals surface area contributed by atoms with Crippen LogP contribution in [0.3, 0.4) is 0 Å². The SMILES string of the molecule is CCCOc1ccc(C2C(=C(O)c3ccc4c(c3)OCCO4)C(=O)C(=O)N2CCC[n+]2cc[nH]c2)cc1OCC. The number of imidazole rings is 1. The van der Waals surface area contributed by atoms with Gasteiger partial charge in [-0.2, -0.15) is 0 Å². The highest BCUT2D eigenvalue weighted by Crippen LogP contribution is 2.43. The number of fused-ring (bicyclic) bond motifs is 1. The predicted octanol–water partition coefficient (Wildman–Crippen LogP) is 3.77. The summed E-state index contributed by atoms with van der Waals surface area (Å²) in [5.41, 5.74) is 1.02. The first-order chi connectivity index (χ1) is 19.5. The number of nitrogens with one attached hydrogen (secondary N) is 1. The van der Waals surface area contributed by atoms with Gasteiger partial charge >= 0.3 is 0 Å². The number of rotatable bonds is 11. The van der Waals surface area contributed by atoms with Crippen LogP contribution < -0.4 is 23.5 Å². The number of aromatic amines is 1. The van der Waals surface area contributed by atoms with Crippen molar-refractivity contribution in [3.63, 3.8) is 0 Å². The Bertz CT molecular complexity index is 1400. The number of hydrogen-bond donors (Lipinski definition) is 2. The van der Waals surface area contributed by atoms with Crippen molar-refractivity contribution in [2.75, 3.05) is 33.0 Å². The zero-order chi connectivity index (χ0) is 28.1. The van der Waals surface area contributed by atoms with E-state index in [4.69, 9.17) is 18.9 Å². The maximum Gasteiger partial charge on any atom is 0.295 e. The van der Waals surface area contributed by atoms with Gasteiger partial charge in [-0.1, -0.05) is 13.0 Å². The normalized spacial score (nSPS) is 17.8. The zero-order valence-electron chi connectivity index (χ0n) is 22.7. The molecule has 1 amide bonds. The number of carbonyl (C=O) groups is 2. The summed E-state index contributed by atoms with van der Waals surface area (Å²) >= 11 is 0. The molecule has 5 rings (SSSR count). The standard InChI is InChI=1S/C30H33N3O7/c1-3-14-38-22-8-6-20(17-24(22)37-4-2)27-26(28(34)21-7-9-23-25(18-21)40-16-15-39-23)29(35)30(36)33(27)12-5-11-32-13-10-31-19-32/h6-10,13,17-19,27H,3-5,11-12,14-16H2,1-2H3,(H,34,35)/p+1. The third-order valence-corrected chi connectivity index (χ3v) is 6.82. The van der Waals surface area contributed by atoms with E-state index in [0.717, 1.165) is 6.42 Å². The van der Waals surface area contributed by atoms with E-state index in [1.165, 1.54) is 4.90 Å². The highest BCUT2D eigenvalue weighted by molar-refractivity contribution is 6.46. The Hall–Kier alpha value is -4.47. The van der Waals surface area contributed by atoms with Crippen LogP contribution in [0.15, 0.2) is 60.7 Å². The van der Waals surface area contributed by atoms with E-state index in [1.54, 1.807) is 30.3 Å². The molecular weight excluding hydrogens is 514 g/mol. The average Bonchev–Trinajstić information content (AvgIpc) is 3.58. The van der Waals surface area contributed by atoms with Crippen LogP contribution in [0, 0.1) is 0 Å². The number of likely N-dealkylation sites (tertiary alicyclic amines) is 1. The van der Waals surface area contributed by atoms with E-state index < -0.39 is 17.7 Å². The van der Waals surface area contributed by atoms with Crippen molar-refractivity contribution in [2.45, 2.75) is 39.3 Å². The minimum absolute atomic E-state index is 0.0145. The summed E-state index contributed by atoms with van der Waals surface area (Å²) in [6, 6.07) is 9.55. The van der Waals surface area contributed by atoms with Crippen LogP contribution in [-0.2, 0) is 16.1 Å². The number of aliphatic hydroxyl groups excluding tert-OH is 1. The number of Topliss-reactive ketones (excluding diaryl/α,β-unsaturated/α-hetero) is 1. The minimum Gasteiger partial charge on any atom is -0.507 e. The number of H-pyrrole nitrogens is 1. The summed E-state index contributed by atoms with van der Waals surface area (Å²) in [5.74, 6) is 0.462. The lowest BCUT2D eigenvalue weighted by Crippen LogP contribution is -2.36. The summed E-state index contributed by atoms with van der Waals surface area (Å²) in [7, 11) is 0. The van der Waals surface area contributed by atoms with Crippen molar-refractivity contribution < 1.29 is 38.2 Å². The van der Waals surface area contributed by atoms with Crippen molar-refractivity contribution in [3.05, 3.63) is 71.8 Å². The fourth-order valence-electron chi connectivity index (χ4n) is 4.98. The molecule has 0 aliphatic carbocycles. The second-order valence-corrected chi connectivity index (χ2v) is 9.54. The Balaban J connectivity index is 1.56. The van der Waals surface area contributed by atoms with Crippen molar-refractivity contribution >= 4 is 17.4 Å². The lowest BCUT2D eigenvalue weighted by Gasteiger charge is -2.26. The van der Waals surface area contributed by atoms with Gasteiger partial charge in [-0.05, 0) is 49.2 Å². The molecule has 3 heterocycles. The molecule has 40 heavy (non-hydrogen) atoms. The van der Waals surface area contributed by atoms with Crippen LogP contribution >= 0.6 is 0 Å². The molecule has 2 aliphatic rings. The number of ether oxygens (including phenoxy) is 4. The van der Waals surface area contributed by atoms with Crippen LogP contribution in [0.4, 0.5) is 0 Å². The Morgan fingerprint density at radius 1 is 1.07 bits per heavy atom. The third-order valence-electron chi connectivity index (χ3n) is 6.82. The summed E-state index contributed by atoms with van der Waals surface area (Å²) in [6.07, 6.45) is 6.99. The molecule has 2 N–H and O–H groups in total. The number of nitrogens with zero attached hydrogens (tertiary/aromatic N) is 2. The molecule has 10 nitrogen and oxygen atoms in total. The number of carbonyl (C=O) groups excluding carboxylic acids is 2. The van der Waals surface area contributed by atoms with E-state index in [1.807, 2.05) is 43.2 Å². The molecule has 1 aromatic heterocycles. The second-order valence-electron chi connectivity index (χ2n) is 9.54. The van der Waals surface area contributed by atoms with Gasteiger partial charge in [-0.3, -0.25) is 14.6 Å². The second kappa shape index (κ2) is 12.1. The first-order valence-corrected chi connectivity index (χ1v) is 13.6. The number of hydrogen-bond acceptors (Lipinski definition) is 7. The maximum atomic E-state index is 13.5. The van der Waals surface area contributed by atoms with E-state index in [2.05, 4.69) is 4.98 Å². The molecule has 0 spiro atoms. The van der Waals surface area contributed by atoms with Gasteiger partial charge in [-0.15, -0.1) is 0 Å². The van der Waals surface area contributed by atoms with Crippen LogP contribution in [0.2, 0.25) is 0 Å². The lowest BCUT2D eigenvalue weighted by molar-refractivity contribution is -0.695. The monoisotopic (exact) mass is 548 g/mol. The topological polar surface area (TPSA) is 114 Å².